The molecule has 0 bridgehead atoms. The maximum atomic E-state index is 11.5. The number of benzene rings is 1. The predicted octanol–water partition coefficient (Wildman–Crippen LogP) is 2.45. The fraction of sp³-hybridized carbons (Fsp3) is 0.375. The van der Waals surface area contributed by atoms with E-state index in [9.17, 15) is 14.7 Å². The highest BCUT2D eigenvalue weighted by atomic mass is 16.5. The Morgan fingerprint density at radius 3 is 2.76 bits per heavy atom. The highest BCUT2D eigenvalue weighted by Gasteiger charge is 2.08. The number of ether oxygens (including phenoxy) is 1. The number of unbranched alkanes of at least 4 members (excludes halogenated alkanes) is 1. The third-order valence-electron chi connectivity index (χ3n) is 2.92. The predicted molar refractivity (Wildman–Crippen MR) is 80.7 cm³/mol. The van der Waals surface area contributed by atoms with Gasteiger partial charge in [-0.1, -0.05) is 13.5 Å². The summed E-state index contributed by atoms with van der Waals surface area (Å²) < 4.78 is 5.44. The molecule has 0 aliphatic carbocycles. The molecule has 0 atom stereocenters. The van der Waals surface area contributed by atoms with Crippen molar-refractivity contribution in [2.24, 2.45) is 0 Å². The Bertz CT molecular complexity index is 511. The zero-order chi connectivity index (χ0) is 15.7. The smallest absolute Gasteiger partial charge is 0.243 e. The van der Waals surface area contributed by atoms with Crippen LogP contribution in [0, 0.1) is 0 Å². The van der Waals surface area contributed by atoms with Gasteiger partial charge in [-0.3, -0.25) is 9.59 Å². The second-order valence-electron chi connectivity index (χ2n) is 4.51. The Labute approximate surface area is 124 Å². The molecule has 2 N–H and O–H groups in total. The van der Waals surface area contributed by atoms with Gasteiger partial charge in [0.1, 0.15) is 0 Å². The average molecular weight is 291 g/mol. The van der Waals surface area contributed by atoms with Gasteiger partial charge in [-0.05, 0) is 37.1 Å². The fourth-order valence-corrected chi connectivity index (χ4v) is 1.71. The van der Waals surface area contributed by atoms with Gasteiger partial charge in [0.05, 0.1) is 6.61 Å². The number of Topliss-reactive ketones (excluding diaryl/α,β-unsaturated/α-hetero) is 1. The van der Waals surface area contributed by atoms with E-state index in [1.165, 1.54) is 12.1 Å². The second-order valence-corrected chi connectivity index (χ2v) is 4.51. The van der Waals surface area contributed by atoms with E-state index in [2.05, 4.69) is 11.9 Å². The molecule has 0 aromatic heterocycles. The lowest BCUT2D eigenvalue weighted by Crippen LogP contribution is -2.22. The molecule has 5 nitrogen and oxygen atoms in total. The number of hydrogen-bond donors (Lipinski definition) is 2. The third-order valence-corrected chi connectivity index (χ3v) is 2.92. The number of carbonyl (C=O) groups excluding carboxylic acids is 2. The number of phenolic OH excluding ortho intramolecular Hbond substituents is 1. The van der Waals surface area contributed by atoms with E-state index in [1.54, 1.807) is 19.1 Å². The van der Waals surface area contributed by atoms with E-state index in [4.69, 9.17) is 4.74 Å². The number of hydrogen-bond acceptors (Lipinski definition) is 4. The first-order valence-corrected chi connectivity index (χ1v) is 6.97. The van der Waals surface area contributed by atoms with Crippen molar-refractivity contribution in [3.63, 3.8) is 0 Å². The monoisotopic (exact) mass is 291 g/mol. The number of carbonyl (C=O) groups is 2. The molecular formula is C16H21NO4. The summed E-state index contributed by atoms with van der Waals surface area (Å²) in [6, 6.07) is 4.66. The summed E-state index contributed by atoms with van der Waals surface area (Å²) in [4.78, 5) is 22.4. The van der Waals surface area contributed by atoms with E-state index >= 15 is 0 Å². The number of nitrogens with one attached hydrogen (secondary N) is 1. The van der Waals surface area contributed by atoms with Crippen molar-refractivity contribution >= 4 is 11.7 Å². The minimum atomic E-state index is -0.190. The summed E-state index contributed by atoms with van der Waals surface area (Å²) in [6.45, 7) is 6.12. The molecule has 114 valence electrons. The summed E-state index contributed by atoms with van der Waals surface area (Å²) in [5.41, 5.74) is 0.481. The zero-order valence-corrected chi connectivity index (χ0v) is 12.2. The highest BCUT2D eigenvalue weighted by molar-refractivity contribution is 5.96. The number of rotatable bonds is 9. The molecule has 0 aliphatic rings. The van der Waals surface area contributed by atoms with Gasteiger partial charge in [0.15, 0.2) is 17.3 Å². The largest absolute Gasteiger partial charge is 0.504 e. The molecule has 0 saturated carbocycles. The van der Waals surface area contributed by atoms with Crippen LogP contribution < -0.4 is 10.1 Å². The standard InChI is InChI=1S/C16H21NO4/c1-3-13(18)12-7-8-15(14(19)11-12)21-10-6-5-9-17-16(20)4-2/h4,7-8,11,19H,2-3,5-6,9-10H2,1H3,(H,17,20). The lowest BCUT2D eigenvalue weighted by molar-refractivity contribution is -0.116. The first-order valence-electron chi connectivity index (χ1n) is 6.97. The minimum absolute atomic E-state index is 0.0187. The van der Waals surface area contributed by atoms with Gasteiger partial charge in [-0.2, -0.15) is 0 Å². The van der Waals surface area contributed by atoms with Crippen molar-refractivity contribution < 1.29 is 19.4 Å². The van der Waals surface area contributed by atoms with Crippen LogP contribution in [-0.2, 0) is 4.79 Å². The summed E-state index contributed by atoms with van der Waals surface area (Å²) in [6.07, 6.45) is 3.14. The number of ketones is 1. The maximum Gasteiger partial charge on any atom is 0.243 e. The summed E-state index contributed by atoms with van der Waals surface area (Å²) >= 11 is 0. The third kappa shape index (κ3) is 5.69. The number of aromatic hydroxyl groups is 1. The normalized spacial score (nSPS) is 9.95. The summed E-state index contributed by atoms with van der Waals surface area (Å²) in [5.74, 6) is 0.117. The SMILES string of the molecule is C=CC(=O)NCCCCOc1ccc(C(=O)CC)cc1O. The van der Waals surface area contributed by atoms with Gasteiger partial charge in [-0.25, -0.2) is 0 Å². The molecule has 5 heteroatoms. The van der Waals surface area contributed by atoms with Gasteiger partial charge < -0.3 is 15.2 Å². The molecule has 0 heterocycles. The molecule has 0 unspecified atom stereocenters. The number of amides is 1. The van der Waals surface area contributed by atoms with E-state index in [-0.39, 0.29) is 17.4 Å². The maximum absolute atomic E-state index is 11.5. The van der Waals surface area contributed by atoms with E-state index in [0.29, 0.717) is 30.9 Å². The van der Waals surface area contributed by atoms with Crippen LogP contribution in [0.5, 0.6) is 11.5 Å². The highest BCUT2D eigenvalue weighted by Crippen LogP contribution is 2.27. The minimum Gasteiger partial charge on any atom is -0.504 e. The van der Waals surface area contributed by atoms with E-state index in [0.717, 1.165) is 12.8 Å². The molecule has 0 spiro atoms. The molecule has 0 aliphatic heterocycles. The van der Waals surface area contributed by atoms with Crippen molar-refractivity contribution in [2.75, 3.05) is 13.2 Å². The molecule has 1 rings (SSSR count). The molecule has 0 saturated heterocycles. The van der Waals surface area contributed by atoms with Gasteiger partial charge in [0, 0.05) is 18.5 Å². The van der Waals surface area contributed by atoms with E-state index < -0.39 is 0 Å². The van der Waals surface area contributed by atoms with Gasteiger partial charge >= 0.3 is 0 Å². The quantitative estimate of drug-likeness (QED) is 0.416. The van der Waals surface area contributed by atoms with Gasteiger partial charge in [0.2, 0.25) is 5.91 Å². The summed E-state index contributed by atoms with van der Waals surface area (Å²) in [7, 11) is 0. The van der Waals surface area contributed by atoms with Crippen LogP contribution in [0.15, 0.2) is 30.9 Å². The number of phenols is 1. The van der Waals surface area contributed by atoms with Crippen LogP contribution in [0.1, 0.15) is 36.5 Å². The molecule has 1 aromatic carbocycles. The first-order chi connectivity index (χ1) is 10.1. The van der Waals surface area contributed by atoms with Crippen LogP contribution in [0.4, 0.5) is 0 Å². The van der Waals surface area contributed by atoms with Crippen LogP contribution in [0.25, 0.3) is 0 Å². The Kier molecular flexibility index (Phi) is 7.01. The van der Waals surface area contributed by atoms with Crippen molar-refractivity contribution in [1.29, 1.82) is 0 Å². The first kappa shape index (κ1) is 16.8. The molecular weight excluding hydrogens is 270 g/mol. The van der Waals surface area contributed by atoms with Crippen molar-refractivity contribution in [2.45, 2.75) is 26.2 Å². The zero-order valence-electron chi connectivity index (χ0n) is 12.2. The lowest BCUT2D eigenvalue weighted by atomic mass is 10.1. The Morgan fingerprint density at radius 1 is 1.38 bits per heavy atom. The fourth-order valence-electron chi connectivity index (χ4n) is 1.71. The van der Waals surface area contributed by atoms with Gasteiger partial charge in [-0.15, -0.1) is 0 Å². The summed E-state index contributed by atoms with van der Waals surface area (Å²) in [5, 5.41) is 12.5. The van der Waals surface area contributed by atoms with Crippen molar-refractivity contribution in [1.82, 2.24) is 5.32 Å². The molecule has 21 heavy (non-hydrogen) atoms. The second kappa shape index (κ2) is 8.79. The van der Waals surface area contributed by atoms with Crippen molar-refractivity contribution in [3.8, 4) is 11.5 Å². The van der Waals surface area contributed by atoms with Crippen LogP contribution in [0.3, 0.4) is 0 Å². The molecule has 0 fully saturated rings. The molecule has 0 radical (unpaired) electrons. The van der Waals surface area contributed by atoms with Crippen LogP contribution in [-0.4, -0.2) is 29.9 Å². The van der Waals surface area contributed by atoms with Crippen LogP contribution in [0.2, 0.25) is 0 Å². The van der Waals surface area contributed by atoms with Crippen LogP contribution >= 0.6 is 0 Å². The van der Waals surface area contributed by atoms with Crippen molar-refractivity contribution in [3.05, 3.63) is 36.4 Å². The molecule has 1 amide bonds. The molecule has 1 aromatic rings. The topological polar surface area (TPSA) is 75.6 Å². The lowest BCUT2D eigenvalue weighted by Gasteiger charge is -2.09. The Hall–Kier alpha value is -2.30. The van der Waals surface area contributed by atoms with E-state index in [1.807, 2.05) is 0 Å². The Balaban J connectivity index is 2.34. The Morgan fingerprint density at radius 2 is 2.14 bits per heavy atom. The average Bonchev–Trinajstić information content (AvgIpc) is 2.50. The van der Waals surface area contributed by atoms with Gasteiger partial charge in [0.25, 0.3) is 0 Å².